The number of nitriles is 1. The first-order valence-electron chi connectivity index (χ1n) is 5.83. The molecule has 2 aromatic rings. The second-order valence-corrected chi connectivity index (χ2v) is 6.65. The van der Waals surface area contributed by atoms with E-state index in [0.29, 0.717) is 16.6 Å². The molecular formula is C12H14N4O2S. The molecule has 0 bridgehead atoms. The predicted octanol–water partition coefficient (Wildman–Crippen LogP) is 0.925. The number of imidazole rings is 1. The number of rotatable bonds is 4. The number of sulfone groups is 1. The van der Waals surface area contributed by atoms with Gasteiger partial charge in [-0.15, -0.1) is 0 Å². The summed E-state index contributed by atoms with van der Waals surface area (Å²) in [7, 11) is -3.07. The molecule has 7 heteroatoms. The van der Waals surface area contributed by atoms with E-state index >= 15 is 0 Å². The number of fused-ring (bicyclic) bond motifs is 1. The molecule has 0 amide bonds. The molecule has 1 aromatic carbocycles. The molecule has 19 heavy (non-hydrogen) atoms. The second kappa shape index (κ2) is 4.90. The van der Waals surface area contributed by atoms with Crippen LogP contribution in [0.2, 0.25) is 0 Å². The Balaban J connectivity index is 2.42. The number of nitrogens with zero attached hydrogens (tertiary/aromatic N) is 3. The van der Waals surface area contributed by atoms with Crippen molar-refractivity contribution in [1.82, 2.24) is 9.55 Å². The lowest BCUT2D eigenvalue weighted by Crippen LogP contribution is -2.15. The molecule has 0 aliphatic rings. The van der Waals surface area contributed by atoms with Gasteiger partial charge in [-0.3, -0.25) is 0 Å². The highest BCUT2D eigenvalue weighted by Gasteiger charge is 2.13. The molecule has 0 radical (unpaired) electrons. The number of nitrogens with two attached hydrogens (primary N) is 1. The van der Waals surface area contributed by atoms with Crippen molar-refractivity contribution in [3.05, 3.63) is 23.8 Å². The number of hydrogen-bond donors (Lipinski definition) is 1. The first-order chi connectivity index (χ1) is 8.96. The third-order valence-corrected chi connectivity index (χ3v) is 4.66. The maximum Gasteiger partial charge on any atom is 0.201 e. The Morgan fingerprint density at radius 1 is 1.47 bits per heavy atom. The van der Waals surface area contributed by atoms with Gasteiger partial charge in [0.05, 0.1) is 28.4 Å². The largest absolute Gasteiger partial charge is 0.369 e. The zero-order valence-electron chi connectivity index (χ0n) is 10.5. The van der Waals surface area contributed by atoms with Crippen LogP contribution in [0, 0.1) is 11.3 Å². The lowest BCUT2D eigenvalue weighted by molar-refractivity contribution is 0.591. The fraction of sp³-hybridized carbons (Fsp3) is 0.333. The van der Waals surface area contributed by atoms with Crippen LogP contribution in [0.4, 0.5) is 5.95 Å². The molecule has 1 aromatic heterocycles. The normalized spacial score (nSPS) is 11.6. The lowest BCUT2D eigenvalue weighted by Gasteiger charge is -2.06. The predicted molar refractivity (Wildman–Crippen MR) is 73.2 cm³/mol. The van der Waals surface area contributed by atoms with Crippen molar-refractivity contribution in [3.63, 3.8) is 0 Å². The lowest BCUT2D eigenvalue weighted by atomic mass is 10.2. The van der Waals surface area contributed by atoms with Gasteiger partial charge in [-0.25, -0.2) is 13.4 Å². The molecule has 100 valence electrons. The van der Waals surface area contributed by atoms with E-state index in [9.17, 15) is 8.42 Å². The van der Waals surface area contributed by atoms with Crippen LogP contribution in [-0.2, 0) is 16.4 Å². The van der Waals surface area contributed by atoms with Gasteiger partial charge in [-0.1, -0.05) is 6.92 Å². The summed E-state index contributed by atoms with van der Waals surface area (Å²) >= 11 is 0. The molecule has 0 aliphatic carbocycles. The highest BCUT2D eigenvalue weighted by molar-refractivity contribution is 7.91. The van der Waals surface area contributed by atoms with Gasteiger partial charge in [0.2, 0.25) is 5.95 Å². The van der Waals surface area contributed by atoms with Crippen LogP contribution in [0.3, 0.4) is 0 Å². The van der Waals surface area contributed by atoms with E-state index in [0.717, 1.165) is 0 Å². The van der Waals surface area contributed by atoms with Crippen molar-refractivity contribution in [2.45, 2.75) is 13.5 Å². The van der Waals surface area contributed by atoms with E-state index < -0.39 is 9.84 Å². The summed E-state index contributed by atoms with van der Waals surface area (Å²) in [6.45, 7) is 1.85. The van der Waals surface area contributed by atoms with Crippen molar-refractivity contribution in [3.8, 4) is 6.07 Å². The summed E-state index contributed by atoms with van der Waals surface area (Å²) in [5.74, 6) is 0.371. The van der Waals surface area contributed by atoms with Gasteiger partial charge in [0.1, 0.15) is 0 Å². The summed E-state index contributed by atoms with van der Waals surface area (Å²) in [6, 6.07) is 7.06. The molecule has 2 N–H and O–H groups in total. The Bertz CT molecular complexity index is 756. The van der Waals surface area contributed by atoms with Crippen molar-refractivity contribution in [2.24, 2.45) is 0 Å². The minimum Gasteiger partial charge on any atom is -0.369 e. The van der Waals surface area contributed by atoms with Gasteiger partial charge < -0.3 is 10.3 Å². The molecule has 6 nitrogen and oxygen atoms in total. The summed E-state index contributed by atoms with van der Waals surface area (Å²) in [5, 5.41) is 8.89. The zero-order valence-corrected chi connectivity index (χ0v) is 11.3. The molecule has 0 aliphatic heterocycles. The monoisotopic (exact) mass is 278 g/mol. The van der Waals surface area contributed by atoms with E-state index in [4.69, 9.17) is 11.0 Å². The Labute approximate surface area is 111 Å². The van der Waals surface area contributed by atoms with Crippen molar-refractivity contribution >= 4 is 26.8 Å². The Morgan fingerprint density at radius 3 is 2.84 bits per heavy atom. The van der Waals surface area contributed by atoms with Gasteiger partial charge in [-0.05, 0) is 18.2 Å². The minimum atomic E-state index is -3.07. The van der Waals surface area contributed by atoms with Crippen molar-refractivity contribution in [1.29, 1.82) is 5.26 Å². The molecule has 2 rings (SSSR count). The average molecular weight is 278 g/mol. The molecule has 0 atom stereocenters. The molecular weight excluding hydrogens is 264 g/mol. The molecule has 0 saturated carbocycles. The maximum absolute atomic E-state index is 11.5. The third kappa shape index (κ3) is 2.69. The number of hydrogen-bond acceptors (Lipinski definition) is 5. The fourth-order valence-corrected chi connectivity index (χ4v) is 2.57. The van der Waals surface area contributed by atoms with Crippen LogP contribution in [0.5, 0.6) is 0 Å². The molecule has 0 saturated heterocycles. The second-order valence-electron chi connectivity index (χ2n) is 4.17. The highest BCUT2D eigenvalue weighted by Crippen LogP contribution is 2.19. The van der Waals surface area contributed by atoms with Crippen LogP contribution in [0.15, 0.2) is 18.2 Å². The number of benzene rings is 1. The molecule has 1 heterocycles. The summed E-state index contributed by atoms with van der Waals surface area (Å²) in [5.41, 5.74) is 7.62. The van der Waals surface area contributed by atoms with E-state index in [-0.39, 0.29) is 24.0 Å². The SMILES string of the molecule is CCS(=O)(=O)CCn1c(N)nc2ccc(C#N)cc21. The van der Waals surface area contributed by atoms with Crippen LogP contribution in [0.25, 0.3) is 11.0 Å². The van der Waals surface area contributed by atoms with E-state index in [1.807, 2.05) is 6.07 Å². The standard InChI is InChI=1S/C12H14N4O2S/c1-2-19(17,18)6-5-16-11-7-9(8-13)3-4-10(11)15-12(16)14/h3-4,7H,2,5-6H2,1H3,(H2,14,15). The Hall–Kier alpha value is -2.07. The van der Waals surface area contributed by atoms with Gasteiger partial charge in [0.25, 0.3) is 0 Å². The van der Waals surface area contributed by atoms with E-state index in [1.54, 1.807) is 29.7 Å². The van der Waals surface area contributed by atoms with Crippen molar-refractivity contribution in [2.75, 3.05) is 17.2 Å². The zero-order chi connectivity index (χ0) is 14.0. The molecule has 0 unspecified atom stereocenters. The Morgan fingerprint density at radius 2 is 2.21 bits per heavy atom. The van der Waals surface area contributed by atoms with Crippen LogP contribution < -0.4 is 5.73 Å². The third-order valence-electron chi connectivity index (χ3n) is 2.97. The van der Waals surface area contributed by atoms with Gasteiger partial charge in [-0.2, -0.15) is 5.26 Å². The quantitative estimate of drug-likeness (QED) is 0.896. The van der Waals surface area contributed by atoms with Crippen molar-refractivity contribution < 1.29 is 8.42 Å². The number of anilines is 1. The van der Waals surface area contributed by atoms with E-state index in [2.05, 4.69) is 4.98 Å². The van der Waals surface area contributed by atoms with E-state index in [1.165, 1.54) is 0 Å². The number of aryl methyl sites for hydroxylation is 1. The van der Waals surface area contributed by atoms with Gasteiger partial charge in [0.15, 0.2) is 9.84 Å². The first-order valence-corrected chi connectivity index (χ1v) is 7.65. The maximum atomic E-state index is 11.5. The van der Waals surface area contributed by atoms with Crippen LogP contribution in [-0.4, -0.2) is 29.5 Å². The number of nitrogen functional groups attached to an aromatic ring is 1. The molecule has 0 spiro atoms. The fourth-order valence-electron chi connectivity index (χ4n) is 1.82. The van der Waals surface area contributed by atoms with Crippen LogP contribution in [0.1, 0.15) is 12.5 Å². The number of aromatic nitrogens is 2. The highest BCUT2D eigenvalue weighted by atomic mass is 32.2. The molecule has 0 fully saturated rings. The summed E-state index contributed by atoms with van der Waals surface area (Å²) < 4.78 is 24.7. The van der Waals surface area contributed by atoms with Gasteiger partial charge >= 0.3 is 0 Å². The first kappa shape index (κ1) is 13.4. The Kier molecular flexibility index (Phi) is 3.44. The summed E-state index contributed by atoms with van der Waals surface area (Å²) in [6.07, 6.45) is 0. The topological polar surface area (TPSA) is 102 Å². The smallest absolute Gasteiger partial charge is 0.201 e. The van der Waals surface area contributed by atoms with Crippen LogP contribution >= 0.6 is 0 Å². The minimum absolute atomic E-state index is 0.00986. The van der Waals surface area contributed by atoms with Gasteiger partial charge in [0, 0.05) is 12.3 Å². The summed E-state index contributed by atoms with van der Waals surface area (Å²) in [4.78, 5) is 4.15. The average Bonchev–Trinajstić information content (AvgIpc) is 2.71.